The molecule has 0 heterocycles. The highest BCUT2D eigenvalue weighted by Gasteiger charge is 2.17. The molecule has 0 saturated heterocycles. The molecule has 0 aliphatic carbocycles. The third-order valence-electron chi connectivity index (χ3n) is 3.29. The summed E-state index contributed by atoms with van der Waals surface area (Å²) in [5.74, 6) is 0. The fourth-order valence-electron chi connectivity index (χ4n) is 1.87. The van der Waals surface area contributed by atoms with Crippen molar-refractivity contribution in [1.82, 2.24) is 9.03 Å². The highest BCUT2D eigenvalue weighted by Crippen LogP contribution is 2.16. The van der Waals surface area contributed by atoms with Crippen LogP contribution in [-0.4, -0.2) is 35.2 Å². The zero-order valence-corrected chi connectivity index (χ0v) is 16.3. The van der Waals surface area contributed by atoms with Gasteiger partial charge in [0, 0.05) is 25.1 Å². The van der Waals surface area contributed by atoms with E-state index in [0.717, 1.165) is 8.78 Å². The zero-order valence-electron chi connectivity index (χ0n) is 13.1. The minimum atomic E-state index is -3.62. The van der Waals surface area contributed by atoms with Gasteiger partial charge in [-0.3, -0.25) is 0 Å². The van der Waals surface area contributed by atoms with Crippen molar-refractivity contribution in [3.63, 3.8) is 0 Å². The highest BCUT2D eigenvalue weighted by atomic mass is 79.9. The van der Waals surface area contributed by atoms with E-state index >= 15 is 0 Å². The van der Waals surface area contributed by atoms with Crippen molar-refractivity contribution in [2.75, 3.05) is 14.1 Å². The maximum Gasteiger partial charge on any atom is 0.242 e. The first-order valence-corrected chi connectivity index (χ1v) is 10.6. The summed E-state index contributed by atoms with van der Waals surface area (Å²) in [6, 6.07) is 12.4. The van der Waals surface area contributed by atoms with Gasteiger partial charge in [0.1, 0.15) is 0 Å². The fourth-order valence-corrected chi connectivity index (χ4v) is 4.05. The van der Waals surface area contributed by atoms with E-state index in [1.807, 2.05) is 0 Å². The van der Waals surface area contributed by atoms with Crippen LogP contribution in [0.5, 0.6) is 0 Å². The molecular formula is C15H17BrN2O4S2. The molecule has 0 radical (unpaired) electrons. The van der Waals surface area contributed by atoms with Gasteiger partial charge >= 0.3 is 0 Å². The Bertz CT molecular complexity index is 907. The maximum absolute atomic E-state index is 12.2. The summed E-state index contributed by atoms with van der Waals surface area (Å²) in [6.07, 6.45) is 0. The third kappa shape index (κ3) is 4.42. The second kappa shape index (κ2) is 7.32. The first kappa shape index (κ1) is 19.1. The van der Waals surface area contributed by atoms with E-state index < -0.39 is 20.0 Å². The molecule has 2 aromatic carbocycles. The topological polar surface area (TPSA) is 83.6 Å². The van der Waals surface area contributed by atoms with Gasteiger partial charge in [0.15, 0.2) is 0 Å². The number of halogens is 1. The van der Waals surface area contributed by atoms with Crippen LogP contribution < -0.4 is 4.72 Å². The van der Waals surface area contributed by atoms with Crippen LogP contribution in [0.3, 0.4) is 0 Å². The summed E-state index contributed by atoms with van der Waals surface area (Å²) in [7, 11) is -4.21. The third-order valence-corrected chi connectivity index (χ3v) is 7.07. The minimum absolute atomic E-state index is 0.0701. The van der Waals surface area contributed by atoms with Gasteiger partial charge in [-0.05, 0) is 42.0 Å². The summed E-state index contributed by atoms with van der Waals surface area (Å²) < 4.78 is 52.8. The predicted octanol–water partition coefficient (Wildman–Crippen LogP) is 2.18. The Morgan fingerprint density at radius 1 is 0.875 bits per heavy atom. The van der Waals surface area contributed by atoms with Crippen LogP contribution in [0.2, 0.25) is 0 Å². The molecule has 0 aliphatic heterocycles. The van der Waals surface area contributed by atoms with E-state index in [9.17, 15) is 16.8 Å². The Morgan fingerprint density at radius 2 is 1.38 bits per heavy atom. The fraction of sp³-hybridized carbons (Fsp3) is 0.200. The summed E-state index contributed by atoms with van der Waals surface area (Å²) in [4.78, 5) is 0.324. The Morgan fingerprint density at radius 3 is 1.88 bits per heavy atom. The van der Waals surface area contributed by atoms with Crippen LogP contribution in [0.25, 0.3) is 0 Å². The lowest BCUT2D eigenvalue weighted by Crippen LogP contribution is -2.24. The molecule has 0 aliphatic rings. The monoisotopic (exact) mass is 432 g/mol. The molecular weight excluding hydrogens is 416 g/mol. The summed E-state index contributed by atoms with van der Waals surface area (Å²) >= 11 is 3.25. The summed E-state index contributed by atoms with van der Waals surface area (Å²) in [5.41, 5.74) is 0.661. The molecule has 0 aromatic heterocycles. The van der Waals surface area contributed by atoms with Crippen LogP contribution in [-0.2, 0) is 26.6 Å². The van der Waals surface area contributed by atoms with Gasteiger partial charge in [-0.15, -0.1) is 0 Å². The van der Waals surface area contributed by atoms with Gasteiger partial charge in [-0.2, -0.15) is 0 Å². The molecule has 1 N–H and O–H groups in total. The number of rotatable bonds is 6. The van der Waals surface area contributed by atoms with Gasteiger partial charge in [-0.25, -0.2) is 25.9 Å². The molecule has 2 rings (SSSR count). The number of nitrogens with one attached hydrogen (secondary N) is 1. The van der Waals surface area contributed by atoms with E-state index in [1.54, 1.807) is 24.3 Å². The Balaban J connectivity index is 2.11. The quantitative estimate of drug-likeness (QED) is 0.757. The molecule has 2 aromatic rings. The molecule has 9 heteroatoms. The first-order valence-electron chi connectivity index (χ1n) is 6.89. The van der Waals surface area contributed by atoms with Crippen LogP contribution in [0, 0.1) is 0 Å². The van der Waals surface area contributed by atoms with Crippen LogP contribution >= 0.6 is 15.9 Å². The maximum atomic E-state index is 12.2. The summed E-state index contributed by atoms with van der Waals surface area (Å²) in [5, 5.41) is 0. The largest absolute Gasteiger partial charge is 0.242 e. The van der Waals surface area contributed by atoms with Gasteiger partial charge in [0.25, 0.3) is 0 Å². The van der Waals surface area contributed by atoms with Crippen molar-refractivity contribution in [1.29, 1.82) is 0 Å². The van der Waals surface area contributed by atoms with Crippen molar-refractivity contribution in [3.8, 4) is 0 Å². The van der Waals surface area contributed by atoms with Crippen molar-refractivity contribution < 1.29 is 16.8 Å². The average molecular weight is 433 g/mol. The lowest BCUT2D eigenvalue weighted by atomic mass is 10.2. The molecule has 0 bridgehead atoms. The molecule has 0 saturated carbocycles. The standard InChI is InChI=1S/C15H17BrN2O4S2/c1-18(2)24(21,22)15-7-3-12(4-8-15)11-17-23(19,20)14-9-5-13(16)6-10-14/h3-10,17H,11H2,1-2H3. The Hall–Kier alpha value is -1.26. The van der Waals surface area contributed by atoms with Gasteiger partial charge in [-0.1, -0.05) is 28.1 Å². The molecule has 24 heavy (non-hydrogen) atoms. The van der Waals surface area contributed by atoms with Crippen LogP contribution in [0.4, 0.5) is 0 Å². The average Bonchev–Trinajstić information content (AvgIpc) is 2.53. The molecule has 0 spiro atoms. The molecule has 0 amide bonds. The van der Waals surface area contributed by atoms with Crippen LogP contribution in [0.15, 0.2) is 62.8 Å². The van der Waals surface area contributed by atoms with E-state index in [2.05, 4.69) is 20.7 Å². The van der Waals surface area contributed by atoms with E-state index in [4.69, 9.17) is 0 Å². The van der Waals surface area contributed by atoms with Crippen molar-refractivity contribution in [3.05, 3.63) is 58.6 Å². The number of benzene rings is 2. The summed E-state index contributed by atoms with van der Waals surface area (Å²) in [6.45, 7) is 0.0701. The lowest BCUT2D eigenvalue weighted by molar-refractivity contribution is 0.520. The first-order chi connectivity index (χ1) is 11.1. The minimum Gasteiger partial charge on any atom is -0.207 e. The Labute approximate surface area is 150 Å². The predicted molar refractivity (Wildman–Crippen MR) is 95.5 cm³/mol. The second-order valence-corrected chi connectivity index (χ2v) is 10.0. The van der Waals surface area contributed by atoms with Crippen molar-refractivity contribution in [2.24, 2.45) is 0 Å². The van der Waals surface area contributed by atoms with Gasteiger partial charge in [0.05, 0.1) is 9.79 Å². The lowest BCUT2D eigenvalue weighted by Gasteiger charge is -2.12. The second-order valence-electron chi connectivity index (χ2n) is 5.21. The van der Waals surface area contributed by atoms with E-state index in [1.165, 1.54) is 38.4 Å². The van der Waals surface area contributed by atoms with E-state index in [0.29, 0.717) is 5.56 Å². The number of sulfonamides is 2. The number of hydrogen-bond acceptors (Lipinski definition) is 4. The normalized spacial score (nSPS) is 12.5. The van der Waals surface area contributed by atoms with Gasteiger partial charge < -0.3 is 0 Å². The molecule has 6 nitrogen and oxygen atoms in total. The van der Waals surface area contributed by atoms with Crippen molar-refractivity contribution >= 4 is 36.0 Å². The SMILES string of the molecule is CN(C)S(=O)(=O)c1ccc(CNS(=O)(=O)c2ccc(Br)cc2)cc1. The number of hydrogen-bond donors (Lipinski definition) is 1. The Kier molecular flexibility index (Phi) is 5.82. The smallest absolute Gasteiger partial charge is 0.207 e. The molecule has 0 unspecified atom stereocenters. The zero-order chi connectivity index (χ0) is 18.0. The van der Waals surface area contributed by atoms with Gasteiger partial charge in [0.2, 0.25) is 20.0 Å². The molecule has 130 valence electrons. The van der Waals surface area contributed by atoms with Crippen LogP contribution in [0.1, 0.15) is 5.56 Å². The van der Waals surface area contributed by atoms with Crippen molar-refractivity contribution in [2.45, 2.75) is 16.3 Å². The highest BCUT2D eigenvalue weighted by molar-refractivity contribution is 9.10. The molecule has 0 atom stereocenters. The number of nitrogens with zero attached hydrogens (tertiary/aromatic N) is 1. The molecule has 0 fully saturated rings. The van der Waals surface area contributed by atoms with E-state index in [-0.39, 0.29) is 16.3 Å².